The van der Waals surface area contributed by atoms with Gasteiger partial charge >= 0.3 is 0 Å². The lowest BCUT2D eigenvalue weighted by atomic mass is 10.0. The molecular weight excluding hydrogens is 458 g/mol. The second kappa shape index (κ2) is 8.98. The molecule has 11 nitrogen and oxygen atoms in total. The number of carbonyl (C=O) groups excluding carboxylic acids is 1. The molecule has 0 spiro atoms. The van der Waals surface area contributed by atoms with Crippen LogP contribution in [0.3, 0.4) is 0 Å². The summed E-state index contributed by atoms with van der Waals surface area (Å²) < 4.78 is 3.73. The first-order chi connectivity index (χ1) is 17.5. The van der Waals surface area contributed by atoms with Gasteiger partial charge in [-0.1, -0.05) is 12.8 Å². The summed E-state index contributed by atoms with van der Waals surface area (Å²) in [4.78, 5) is 46.6. The minimum Gasteiger partial charge on any atom is -0.354 e. The molecular formula is C25H29N9O2. The summed E-state index contributed by atoms with van der Waals surface area (Å²) in [7, 11) is 0. The molecule has 0 aromatic carbocycles. The molecule has 0 amide bonds. The van der Waals surface area contributed by atoms with Crippen molar-refractivity contribution >= 4 is 40.0 Å². The summed E-state index contributed by atoms with van der Waals surface area (Å²) in [6.07, 6.45) is 11.1. The Labute approximate surface area is 207 Å². The largest absolute Gasteiger partial charge is 0.354 e. The van der Waals surface area contributed by atoms with Crippen LogP contribution in [-0.2, 0) is 0 Å². The van der Waals surface area contributed by atoms with Crippen molar-refractivity contribution in [2.24, 2.45) is 0 Å². The smallest absolute Gasteiger partial charge is 0.263 e. The highest BCUT2D eigenvalue weighted by Crippen LogP contribution is 2.32. The number of imidazole rings is 1. The number of piperazine rings is 1. The number of rotatable bonds is 5. The molecule has 2 fully saturated rings. The van der Waals surface area contributed by atoms with E-state index in [4.69, 9.17) is 4.98 Å². The number of nitrogens with one attached hydrogen (secondary N) is 2. The molecule has 1 aliphatic heterocycles. The summed E-state index contributed by atoms with van der Waals surface area (Å²) in [6, 6.07) is 0.0249. The van der Waals surface area contributed by atoms with E-state index in [1.54, 1.807) is 23.9 Å². The molecule has 0 radical (unpaired) electrons. The standard InChI is InChI=1S/C25H29N9O2/c1-15-18-13-29-25(31-22(18)34(17-5-3-4-6-17)24(36)20(15)16(2)35)30-21-23-27-9-12-33(23)19(14-28-21)32-10-7-26-8-11-32/h9,12-14,17,26H,3-8,10-11H2,1-2H3,(H,28,29,30,31). The summed E-state index contributed by atoms with van der Waals surface area (Å²) in [5.74, 6) is 1.61. The van der Waals surface area contributed by atoms with E-state index in [0.717, 1.165) is 57.7 Å². The highest BCUT2D eigenvalue weighted by atomic mass is 16.1. The number of ketones is 1. The van der Waals surface area contributed by atoms with Gasteiger partial charge in [-0.2, -0.15) is 4.98 Å². The van der Waals surface area contributed by atoms with Gasteiger partial charge in [-0.25, -0.2) is 15.0 Å². The normalized spacial score (nSPS) is 16.8. The topological polar surface area (TPSA) is 122 Å². The Bertz CT molecular complexity index is 1530. The Morgan fingerprint density at radius 1 is 1.08 bits per heavy atom. The molecule has 5 heterocycles. The summed E-state index contributed by atoms with van der Waals surface area (Å²) >= 11 is 0. The van der Waals surface area contributed by atoms with Crippen LogP contribution >= 0.6 is 0 Å². The highest BCUT2D eigenvalue weighted by Gasteiger charge is 2.26. The van der Waals surface area contributed by atoms with Crippen LogP contribution < -0.4 is 21.1 Å². The molecule has 4 aromatic rings. The third-order valence-corrected chi connectivity index (χ3v) is 7.33. The van der Waals surface area contributed by atoms with Crippen molar-refractivity contribution in [3.05, 3.63) is 46.3 Å². The summed E-state index contributed by atoms with van der Waals surface area (Å²) in [6.45, 7) is 6.88. The zero-order valence-electron chi connectivity index (χ0n) is 20.5. The molecule has 2 aliphatic rings. The van der Waals surface area contributed by atoms with Crippen LogP contribution in [0.15, 0.2) is 29.6 Å². The van der Waals surface area contributed by atoms with Crippen LogP contribution in [0.5, 0.6) is 0 Å². The first kappa shape index (κ1) is 22.6. The molecule has 0 bridgehead atoms. The van der Waals surface area contributed by atoms with Gasteiger partial charge < -0.3 is 15.5 Å². The fraction of sp³-hybridized carbons (Fsp3) is 0.440. The number of aryl methyl sites for hydroxylation is 1. The van der Waals surface area contributed by atoms with Gasteiger partial charge in [0.25, 0.3) is 5.56 Å². The third kappa shape index (κ3) is 3.70. The van der Waals surface area contributed by atoms with E-state index in [1.807, 2.05) is 16.8 Å². The van der Waals surface area contributed by atoms with Crippen molar-refractivity contribution in [1.29, 1.82) is 0 Å². The average molecular weight is 488 g/mol. The number of hydrogen-bond donors (Lipinski definition) is 2. The molecule has 186 valence electrons. The van der Waals surface area contributed by atoms with Gasteiger partial charge in [0.05, 0.1) is 11.8 Å². The van der Waals surface area contributed by atoms with Gasteiger partial charge in [0.1, 0.15) is 11.5 Å². The quantitative estimate of drug-likeness (QED) is 0.409. The summed E-state index contributed by atoms with van der Waals surface area (Å²) in [5, 5.41) is 7.30. The molecule has 4 aromatic heterocycles. The number of carbonyl (C=O) groups is 1. The fourth-order valence-electron chi connectivity index (χ4n) is 5.54. The Morgan fingerprint density at radius 3 is 2.61 bits per heavy atom. The molecule has 36 heavy (non-hydrogen) atoms. The van der Waals surface area contributed by atoms with Crippen molar-refractivity contribution < 1.29 is 4.79 Å². The molecule has 0 unspecified atom stereocenters. The first-order valence-electron chi connectivity index (χ1n) is 12.5. The molecule has 2 N–H and O–H groups in total. The van der Waals surface area contributed by atoms with Crippen molar-refractivity contribution in [2.75, 3.05) is 36.4 Å². The maximum Gasteiger partial charge on any atom is 0.263 e. The number of pyridine rings is 1. The Balaban J connectivity index is 1.44. The monoisotopic (exact) mass is 487 g/mol. The second-order valence-electron chi connectivity index (χ2n) is 9.55. The van der Waals surface area contributed by atoms with E-state index >= 15 is 0 Å². The van der Waals surface area contributed by atoms with Crippen LogP contribution in [0.2, 0.25) is 0 Å². The van der Waals surface area contributed by atoms with Gasteiger partial charge in [-0.3, -0.25) is 18.6 Å². The third-order valence-electron chi connectivity index (χ3n) is 7.33. The maximum atomic E-state index is 13.5. The van der Waals surface area contributed by atoms with Crippen LogP contribution in [0, 0.1) is 6.92 Å². The Kier molecular flexibility index (Phi) is 5.63. The summed E-state index contributed by atoms with van der Waals surface area (Å²) in [5.41, 5.74) is 1.80. The molecule has 1 saturated heterocycles. The van der Waals surface area contributed by atoms with Gasteiger partial charge in [0.15, 0.2) is 17.2 Å². The highest BCUT2D eigenvalue weighted by molar-refractivity contribution is 5.99. The van der Waals surface area contributed by atoms with Crippen molar-refractivity contribution in [3.63, 3.8) is 0 Å². The van der Waals surface area contributed by atoms with E-state index in [0.29, 0.717) is 34.0 Å². The molecule has 1 aliphatic carbocycles. The SMILES string of the molecule is CC(=O)c1c(C)c2cnc(Nc3ncc(N4CCNCC4)n4ccnc34)nc2n(C2CCCC2)c1=O. The van der Waals surface area contributed by atoms with Crippen molar-refractivity contribution in [3.8, 4) is 0 Å². The van der Waals surface area contributed by atoms with E-state index in [2.05, 4.69) is 30.5 Å². The lowest BCUT2D eigenvalue weighted by molar-refractivity contribution is 0.101. The Hall–Kier alpha value is -3.86. The maximum absolute atomic E-state index is 13.5. The molecule has 11 heteroatoms. The predicted octanol–water partition coefficient (Wildman–Crippen LogP) is 2.61. The van der Waals surface area contributed by atoms with Crippen LogP contribution in [-0.4, -0.2) is 60.9 Å². The predicted molar refractivity (Wildman–Crippen MR) is 137 cm³/mol. The number of hydrogen-bond acceptors (Lipinski definition) is 9. The lowest BCUT2D eigenvalue weighted by Gasteiger charge is -2.29. The van der Waals surface area contributed by atoms with Gasteiger partial charge in [0.2, 0.25) is 5.95 Å². The molecule has 6 rings (SSSR count). The van der Waals surface area contributed by atoms with Gasteiger partial charge in [-0.15, -0.1) is 0 Å². The fourth-order valence-corrected chi connectivity index (χ4v) is 5.54. The van der Waals surface area contributed by atoms with Crippen molar-refractivity contribution in [1.82, 2.24) is 34.2 Å². The molecule has 0 atom stereocenters. The average Bonchev–Trinajstić information content (AvgIpc) is 3.58. The lowest BCUT2D eigenvalue weighted by Crippen LogP contribution is -2.44. The van der Waals surface area contributed by atoms with Crippen LogP contribution in [0.4, 0.5) is 17.6 Å². The van der Waals surface area contributed by atoms with E-state index in [1.165, 1.54) is 6.92 Å². The number of anilines is 3. The van der Waals surface area contributed by atoms with E-state index in [9.17, 15) is 9.59 Å². The number of aromatic nitrogens is 6. The zero-order valence-corrected chi connectivity index (χ0v) is 20.5. The van der Waals surface area contributed by atoms with Crippen LogP contribution in [0.1, 0.15) is 54.6 Å². The van der Waals surface area contributed by atoms with Gasteiger partial charge in [-0.05, 0) is 32.3 Å². The van der Waals surface area contributed by atoms with Crippen molar-refractivity contribution in [2.45, 2.75) is 45.6 Å². The second-order valence-corrected chi connectivity index (χ2v) is 9.55. The minimum absolute atomic E-state index is 0.0249. The minimum atomic E-state index is -0.266. The Morgan fingerprint density at radius 2 is 1.86 bits per heavy atom. The van der Waals surface area contributed by atoms with E-state index < -0.39 is 0 Å². The van der Waals surface area contributed by atoms with Crippen LogP contribution in [0.25, 0.3) is 16.7 Å². The van der Waals surface area contributed by atoms with Gasteiger partial charge in [0, 0.05) is 56.2 Å². The number of nitrogens with zero attached hydrogens (tertiary/aromatic N) is 7. The zero-order chi connectivity index (χ0) is 24.8. The number of fused-ring (bicyclic) bond motifs is 2. The molecule has 1 saturated carbocycles. The number of Topliss-reactive ketones (excluding diaryl/α,β-unsaturated/α-hetero) is 1. The first-order valence-corrected chi connectivity index (χ1v) is 12.5. The van der Waals surface area contributed by atoms with E-state index in [-0.39, 0.29) is 22.9 Å².